The molecule has 3 rings (SSSR count). The summed E-state index contributed by atoms with van der Waals surface area (Å²) in [6.07, 6.45) is 4.34. The standard InChI is InChI=1S/C16H23BrN2O/c1-2-19-8-3-6-16(7-9-19)11-14(18)13-5-4-12(17)10-15(13)20-16/h4-5,10,14H,2-3,6-9,11,18H2,1H3/t14-,16?/m0/s1. The minimum atomic E-state index is -0.0584. The first-order valence-electron chi connectivity index (χ1n) is 7.58. The number of halogens is 1. The lowest BCUT2D eigenvalue weighted by Gasteiger charge is -2.41. The van der Waals surface area contributed by atoms with E-state index in [2.05, 4.69) is 39.9 Å². The van der Waals surface area contributed by atoms with E-state index >= 15 is 0 Å². The highest BCUT2D eigenvalue weighted by molar-refractivity contribution is 9.10. The van der Waals surface area contributed by atoms with E-state index in [4.69, 9.17) is 10.5 Å². The van der Waals surface area contributed by atoms with Crippen molar-refractivity contribution in [2.75, 3.05) is 19.6 Å². The molecule has 0 saturated carbocycles. The van der Waals surface area contributed by atoms with Crippen LogP contribution in [0, 0.1) is 0 Å². The van der Waals surface area contributed by atoms with Crippen molar-refractivity contribution in [1.29, 1.82) is 0 Å². The quantitative estimate of drug-likeness (QED) is 0.851. The van der Waals surface area contributed by atoms with E-state index in [0.29, 0.717) is 0 Å². The molecular weight excluding hydrogens is 316 g/mol. The zero-order valence-corrected chi connectivity index (χ0v) is 13.7. The Labute approximate surface area is 129 Å². The van der Waals surface area contributed by atoms with E-state index in [1.807, 2.05) is 6.07 Å². The molecule has 1 aromatic rings. The molecule has 20 heavy (non-hydrogen) atoms. The van der Waals surface area contributed by atoms with Gasteiger partial charge in [-0.25, -0.2) is 0 Å². The van der Waals surface area contributed by atoms with E-state index in [9.17, 15) is 0 Å². The van der Waals surface area contributed by atoms with Crippen LogP contribution < -0.4 is 10.5 Å². The van der Waals surface area contributed by atoms with Gasteiger partial charge in [0.15, 0.2) is 0 Å². The SMILES string of the molecule is CCN1CCCC2(CC1)C[C@H](N)c1ccc(Br)cc1O2. The molecule has 2 heterocycles. The largest absolute Gasteiger partial charge is 0.487 e. The Balaban J connectivity index is 1.86. The van der Waals surface area contributed by atoms with Crippen LogP contribution in [0.25, 0.3) is 0 Å². The van der Waals surface area contributed by atoms with E-state index in [0.717, 1.165) is 48.1 Å². The number of nitrogens with zero attached hydrogens (tertiary/aromatic N) is 1. The molecule has 0 aliphatic carbocycles. The minimum absolute atomic E-state index is 0.0584. The maximum Gasteiger partial charge on any atom is 0.126 e. The molecule has 2 aliphatic heterocycles. The number of likely N-dealkylation sites (tertiary alicyclic amines) is 1. The number of fused-ring (bicyclic) bond motifs is 1. The number of benzene rings is 1. The molecule has 1 spiro atoms. The zero-order valence-electron chi connectivity index (χ0n) is 12.1. The number of hydrogen-bond acceptors (Lipinski definition) is 3. The molecule has 0 radical (unpaired) electrons. The molecule has 0 bridgehead atoms. The van der Waals surface area contributed by atoms with Crippen molar-refractivity contribution >= 4 is 15.9 Å². The van der Waals surface area contributed by atoms with Gasteiger partial charge >= 0.3 is 0 Å². The molecule has 4 heteroatoms. The van der Waals surface area contributed by atoms with Crippen LogP contribution in [0.2, 0.25) is 0 Å². The van der Waals surface area contributed by atoms with Crippen LogP contribution >= 0.6 is 15.9 Å². The molecule has 1 fully saturated rings. The van der Waals surface area contributed by atoms with Crippen LogP contribution in [0.5, 0.6) is 5.75 Å². The van der Waals surface area contributed by atoms with Crippen molar-refractivity contribution in [3.63, 3.8) is 0 Å². The Bertz CT molecular complexity index is 493. The Hall–Kier alpha value is -0.580. The van der Waals surface area contributed by atoms with Crippen molar-refractivity contribution < 1.29 is 4.74 Å². The monoisotopic (exact) mass is 338 g/mol. The van der Waals surface area contributed by atoms with Gasteiger partial charge in [0, 0.05) is 29.0 Å². The van der Waals surface area contributed by atoms with Gasteiger partial charge in [0.1, 0.15) is 11.4 Å². The van der Waals surface area contributed by atoms with Crippen LogP contribution in [0.3, 0.4) is 0 Å². The Morgan fingerprint density at radius 3 is 3.05 bits per heavy atom. The minimum Gasteiger partial charge on any atom is -0.487 e. The lowest BCUT2D eigenvalue weighted by molar-refractivity contribution is 0.0218. The third-order valence-corrected chi connectivity index (χ3v) is 5.22. The van der Waals surface area contributed by atoms with Gasteiger partial charge in [-0.15, -0.1) is 0 Å². The fourth-order valence-corrected chi connectivity index (χ4v) is 3.87. The summed E-state index contributed by atoms with van der Waals surface area (Å²) < 4.78 is 7.51. The van der Waals surface area contributed by atoms with Crippen LogP contribution in [-0.4, -0.2) is 30.1 Å². The summed E-state index contributed by atoms with van der Waals surface area (Å²) in [5, 5.41) is 0. The van der Waals surface area contributed by atoms with Crippen LogP contribution in [-0.2, 0) is 0 Å². The van der Waals surface area contributed by atoms with Gasteiger partial charge in [0.2, 0.25) is 0 Å². The summed E-state index contributed by atoms with van der Waals surface area (Å²) >= 11 is 3.53. The molecule has 1 aromatic carbocycles. The summed E-state index contributed by atoms with van der Waals surface area (Å²) in [7, 11) is 0. The highest BCUT2D eigenvalue weighted by Crippen LogP contribution is 2.44. The molecule has 1 unspecified atom stereocenters. The summed E-state index contributed by atoms with van der Waals surface area (Å²) in [6.45, 7) is 5.66. The molecule has 2 N–H and O–H groups in total. The lowest BCUT2D eigenvalue weighted by atomic mass is 9.82. The summed E-state index contributed by atoms with van der Waals surface area (Å²) in [4.78, 5) is 2.51. The first kappa shape index (κ1) is 14.4. The summed E-state index contributed by atoms with van der Waals surface area (Å²) in [5.74, 6) is 0.975. The number of hydrogen-bond donors (Lipinski definition) is 1. The third kappa shape index (κ3) is 2.74. The van der Waals surface area contributed by atoms with Crippen molar-refractivity contribution in [1.82, 2.24) is 4.90 Å². The van der Waals surface area contributed by atoms with Gasteiger partial charge < -0.3 is 15.4 Å². The number of rotatable bonds is 1. The fraction of sp³-hybridized carbons (Fsp3) is 0.625. The van der Waals surface area contributed by atoms with Crippen LogP contribution in [0.15, 0.2) is 22.7 Å². The maximum absolute atomic E-state index is 6.45. The van der Waals surface area contributed by atoms with Gasteiger partial charge in [-0.05, 0) is 44.5 Å². The smallest absolute Gasteiger partial charge is 0.126 e. The van der Waals surface area contributed by atoms with E-state index in [1.165, 1.54) is 13.0 Å². The summed E-state index contributed by atoms with van der Waals surface area (Å²) in [6, 6.07) is 6.30. The Morgan fingerprint density at radius 2 is 2.25 bits per heavy atom. The Morgan fingerprint density at radius 1 is 1.40 bits per heavy atom. The zero-order chi connectivity index (χ0) is 14.2. The molecule has 1 saturated heterocycles. The first-order chi connectivity index (χ1) is 9.62. The van der Waals surface area contributed by atoms with E-state index in [1.54, 1.807) is 0 Å². The molecule has 2 aliphatic rings. The van der Waals surface area contributed by atoms with Crippen molar-refractivity contribution in [3.05, 3.63) is 28.2 Å². The second kappa shape index (κ2) is 5.66. The van der Waals surface area contributed by atoms with Gasteiger partial charge in [-0.1, -0.05) is 28.9 Å². The van der Waals surface area contributed by atoms with Crippen molar-refractivity contribution in [2.24, 2.45) is 5.73 Å². The molecular formula is C16H23BrN2O. The average molecular weight is 339 g/mol. The Kier molecular flexibility index (Phi) is 4.07. The van der Waals surface area contributed by atoms with Crippen LogP contribution in [0.1, 0.15) is 44.2 Å². The third-order valence-electron chi connectivity index (χ3n) is 4.73. The lowest BCUT2D eigenvalue weighted by Crippen LogP contribution is -2.43. The van der Waals surface area contributed by atoms with E-state index < -0.39 is 0 Å². The van der Waals surface area contributed by atoms with E-state index in [-0.39, 0.29) is 11.6 Å². The number of ether oxygens (including phenoxy) is 1. The average Bonchev–Trinajstić information content (AvgIpc) is 2.60. The maximum atomic E-state index is 6.45. The van der Waals surface area contributed by atoms with Crippen molar-refractivity contribution in [3.8, 4) is 5.75 Å². The predicted molar refractivity (Wildman–Crippen MR) is 85.0 cm³/mol. The van der Waals surface area contributed by atoms with Crippen molar-refractivity contribution in [2.45, 2.75) is 44.2 Å². The second-order valence-electron chi connectivity index (χ2n) is 6.07. The highest BCUT2D eigenvalue weighted by atomic mass is 79.9. The van der Waals surface area contributed by atoms with Crippen LogP contribution in [0.4, 0.5) is 0 Å². The highest BCUT2D eigenvalue weighted by Gasteiger charge is 2.40. The van der Waals surface area contributed by atoms with Gasteiger partial charge in [-0.2, -0.15) is 0 Å². The molecule has 3 nitrogen and oxygen atoms in total. The number of nitrogens with two attached hydrogens (primary N) is 1. The van der Waals surface area contributed by atoms with Gasteiger partial charge in [0.05, 0.1) is 0 Å². The predicted octanol–water partition coefficient (Wildman–Crippen LogP) is 3.48. The fourth-order valence-electron chi connectivity index (χ4n) is 3.53. The van der Waals surface area contributed by atoms with Gasteiger partial charge in [0.25, 0.3) is 0 Å². The van der Waals surface area contributed by atoms with Gasteiger partial charge in [-0.3, -0.25) is 0 Å². The topological polar surface area (TPSA) is 38.5 Å². The first-order valence-corrected chi connectivity index (χ1v) is 8.37. The molecule has 2 atom stereocenters. The molecule has 0 aromatic heterocycles. The molecule has 0 amide bonds. The normalized spacial score (nSPS) is 30.6. The second-order valence-corrected chi connectivity index (χ2v) is 6.98. The summed E-state index contributed by atoms with van der Waals surface area (Å²) in [5.41, 5.74) is 7.50. The molecule has 110 valence electrons.